The van der Waals surface area contributed by atoms with Crippen molar-refractivity contribution in [1.82, 2.24) is 9.55 Å². The summed E-state index contributed by atoms with van der Waals surface area (Å²) in [7, 11) is 0. The van der Waals surface area contributed by atoms with Crippen molar-refractivity contribution in [1.29, 1.82) is 0 Å². The summed E-state index contributed by atoms with van der Waals surface area (Å²) >= 11 is 0. The highest BCUT2D eigenvalue weighted by atomic mass is 15.1. The lowest BCUT2D eigenvalue weighted by Gasteiger charge is -2.11. The fourth-order valence-electron chi connectivity index (χ4n) is 3.05. The summed E-state index contributed by atoms with van der Waals surface area (Å²) in [5.74, 6) is 1.10. The Labute approximate surface area is 124 Å². The van der Waals surface area contributed by atoms with Crippen LogP contribution >= 0.6 is 0 Å². The third-order valence-electron chi connectivity index (χ3n) is 4.18. The third kappa shape index (κ3) is 2.14. The molecule has 3 heteroatoms. The van der Waals surface area contributed by atoms with Crippen LogP contribution in [0.2, 0.25) is 0 Å². The fourth-order valence-corrected chi connectivity index (χ4v) is 3.05. The summed E-state index contributed by atoms with van der Waals surface area (Å²) < 4.78 is 2.42. The Morgan fingerprint density at radius 3 is 2.62 bits per heavy atom. The minimum absolute atomic E-state index is 0.610. The normalized spacial score (nSPS) is 14.7. The van der Waals surface area contributed by atoms with Gasteiger partial charge in [0.25, 0.3) is 0 Å². The lowest BCUT2D eigenvalue weighted by molar-refractivity contribution is 0.773. The van der Waals surface area contributed by atoms with Gasteiger partial charge in [-0.25, -0.2) is 4.98 Å². The number of nitrogens with two attached hydrogens (primary N) is 1. The van der Waals surface area contributed by atoms with E-state index in [1.54, 1.807) is 0 Å². The maximum atomic E-state index is 5.77. The van der Waals surface area contributed by atoms with Crippen LogP contribution in [0.5, 0.6) is 0 Å². The molecule has 3 nitrogen and oxygen atoms in total. The molecule has 4 rings (SSSR count). The van der Waals surface area contributed by atoms with Crippen molar-refractivity contribution in [2.24, 2.45) is 5.73 Å². The average Bonchev–Trinajstić information content (AvgIpc) is 3.28. The number of aromatic nitrogens is 2. The molecule has 2 N–H and O–H groups in total. The maximum absolute atomic E-state index is 5.77. The first-order valence-electron chi connectivity index (χ1n) is 7.64. The van der Waals surface area contributed by atoms with E-state index in [-0.39, 0.29) is 0 Å². The summed E-state index contributed by atoms with van der Waals surface area (Å²) in [5.41, 5.74) is 10.6. The molecule has 106 valence electrons. The zero-order valence-corrected chi connectivity index (χ0v) is 12.0. The predicted octanol–water partition coefficient (Wildman–Crippen LogP) is 3.54. The largest absolute Gasteiger partial charge is 0.330 e. The molecule has 0 unspecified atom stereocenters. The lowest BCUT2D eigenvalue weighted by Crippen LogP contribution is -2.05. The molecule has 0 spiro atoms. The first-order chi connectivity index (χ1) is 10.4. The second-order valence-electron chi connectivity index (χ2n) is 5.72. The van der Waals surface area contributed by atoms with E-state index >= 15 is 0 Å². The van der Waals surface area contributed by atoms with E-state index < -0.39 is 0 Å². The Hall–Kier alpha value is -2.13. The Balaban J connectivity index is 1.96. The van der Waals surface area contributed by atoms with E-state index in [1.807, 2.05) is 0 Å². The molecule has 0 bridgehead atoms. The highest BCUT2D eigenvalue weighted by Gasteiger charge is 2.29. The molecule has 2 aromatic carbocycles. The van der Waals surface area contributed by atoms with Gasteiger partial charge in [-0.3, -0.25) is 0 Å². The third-order valence-corrected chi connectivity index (χ3v) is 4.18. The molecule has 0 amide bonds. The Bertz CT molecular complexity index is 784. The summed E-state index contributed by atoms with van der Waals surface area (Å²) in [6, 6.07) is 17.5. The van der Waals surface area contributed by atoms with Crippen LogP contribution in [-0.2, 0) is 6.42 Å². The Kier molecular flexibility index (Phi) is 3.00. The lowest BCUT2D eigenvalue weighted by atomic mass is 10.0. The number of benzene rings is 2. The van der Waals surface area contributed by atoms with Gasteiger partial charge in [-0.1, -0.05) is 36.4 Å². The molecule has 1 fully saturated rings. The van der Waals surface area contributed by atoms with Crippen molar-refractivity contribution >= 4 is 11.0 Å². The fraction of sp³-hybridized carbons (Fsp3) is 0.278. The molecule has 0 radical (unpaired) electrons. The van der Waals surface area contributed by atoms with E-state index in [2.05, 4.69) is 53.1 Å². The van der Waals surface area contributed by atoms with Crippen molar-refractivity contribution < 1.29 is 0 Å². The standard InChI is InChI=1S/C18H19N3/c19-12-11-13-5-1-2-6-15(13)18-20-16-7-3-4-8-17(16)21(18)14-9-10-14/h1-8,14H,9-12,19H2. The van der Waals surface area contributed by atoms with Crippen LogP contribution in [-0.4, -0.2) is 16.1 Å². The molecule has 1 aromatic heterocycles. The van der Waals surface area contributed by atoms with Crippen molar-refractivity contribution in [3.8, 4) is 11.4 Å². The molecule has 1 aliphatic carbocycles. The first kappa shape index (κ1) is 12.6. The Morgan fingerprint density at radius 2 is 1.81 bits per heavy atom. The monoisotopic (exact) mass is 277 g/mol. The number of hydrogen-bond acceptors (Lipinski definition) is 2. The number of para-hydroxylation sites is 2. The number of fused-ring (bicyclic) bond motifs is 1. The molecule has 1 heterocycles. The number of rotatable bonds is 4. The molecule has 0 saturated heterocycles. The van der Waals surface area contributed by atoms with E-state index in [4.69, 9.17) is 10.7 Å². The van der Waals surface area contributed by atoms with E-state index in [0.29, 0.717) is 12.6 Å². The molecule has 1 saturated carbocycles. The summed E-state index contributed by atoms with van der Waals surface area (Å²) in [6.07, 6.45) is 3.41. The minimum atomic E-state index is 0.610. The van der Waals surface area contributed by atoms with Crippen LogP contribution in [0.1, 0.15) is 24.4 Å². The number of hydrogen-bond donors (Lipinski definition) is 1. The second kappa shape index (κ2) is 5.01. The van der Waals surface area contributed by atoms with Gasteiger partial charge < -0.3 is 10.3 Å². The Morgan fingerprint density at radius 1 is 1.05 bits per heavy atom. The number of imidazole rings is 1. The summed E-state index contributed by atoms with van der Waals surface area (Å²) in [4.78, 5) is 4.91. The second-order valence-corrected chi connectivity index (χ2v) is 5.72. The molecule has 21 heavy (non-hydrogen) atoms. The smallest absolute Gasteiger partial charge is 0.141 e. The van der Waals surface area contributed by atoms with Gasteiger partial charge in [0.2, 0.25) is 0 Å². The quantitative estimate of drug-likeness (QED) is 0.792. The molecule has 3 aromatic rings. The summed E-state index contributed by atoms with van der Waals surface area (Å²) in [5, 5.41) is 0. The van der Waals surface area contributed by atoms with Crippen molar-refractivity contribution in [2.75, 3.05) is 6.54 Å². The van der Waals surface area contributed by atoms with Crippen LogP contribution in [0.3, 0.4) is 0 Å². The average molecular weight is 277 g/mol. The number of nitrogens with zero attached hydrogens (tertiary/aromatic N) is 2. The molecule has 0 aliphatic heterocycles. The van der Waals surface area contributed by atoms with Gasteiger partial charge in [-0.05, 0) is 43.5 Å². The van der Waals surface area contributed by atoms with Crippen LogP contribution in [0.15, 0.2) is 48.5 Å². The molecular weight excluding hydrogens is 258 g/mol. The summed E-state index contributed by atoms with van der Waals surface area (Å²) in [6.45, 7) is 0.667. The van der Waals surface area contributed by atoms with Gasteiger partial charge in [-0.15, -0.1) is 0 Å². The highest BCUT2D eigenvalue weighted by molar-refractivity contribution is 5.81. The SMILES string of the molecule is NCCc1ccccc1-c1nc2ccccc2n1C1CC1. The molecule has 0 atom stereocenters. The molecule has 1 aliphatic rings. The van der Waals surface area contributed by atoms with Gasteiger partial charge >= 0.3 is 0 Å². The van der Waals surface area contributed by atoms with Gasteiger partial charge in [0.15, 0.2) is 0 Å². The van der Waals surface area contributed by atoms with Crippen molar-refractivity contribution in [2.45, 2.75) is 25.3 Å². The van der Waals surface area contributed by atoms with Crippen molar-refractivity contribution in [3.63, 3.8) is 0 Å². The van der Waals surface area contributed by atoms with E-state index in [1.165, 1.54) is 29.5 Å². The van der Waals surface area contributed by atoms with Crippen LogP contribution in [0.4, 0.5) is 0 Å². The first-order valence-corrected chi connectivity index (χ1v) is 7.64. The highest BCUT2D eigenvalue weighted by Crippen LogP contribution is 2.41. The van der Waals surface area contributed by atoms with Crippen LogP contribution in [0, 0.1) is 0 Å². The minimum Gasteiger partial charge on any atom is -0.330 e. The zero-order chi connectivity index (χ0) is 14.2. The van der Waals surface area contributed by atoms with Gasteiger partial charge in [-0.2, -0.15) is 0 Å². The van der Waals surface area contributed by atoms with Crippen LogP contribution in [0.25, 0.3) is 22.4 Å². The van der Waals surface area contributed by atoms with Gasteiger partial charge in [0, 0.05) is 11.6 Å². The van der Waals surface area contributed by atoms with Gasteiger partial charge in [0.05, 0.1) is 11.0 Å². The predicted molar refractivity (Wildman–Crippen MR) is 86.2 cm³/mol. The van der Waals surface area contributed by atoms with E-state index in [9.17, 15) is 0 Å². The maximum Gasteiger partial charge on any atom is 0.141 e. The topological polar surface area (TPSA) is 43.8 Å². The molecular formula is C18H19N3. The van der Waals surface area contributed by atoms with E-state index in [0.717, 1.165) is 17.8 Å². The van der Waals surface area contributed by atoms with Gasteiger partial charge in [0.1, 0.15) is 5.82 Å². The zero-order valence-electron chi connectivity index (χ0n) is 12.0. The van der Waals surface area contributed by atoms with Crippen LogP contribution < -0.4 is 5.73 Å². The van der Waals surface area contributed by atoms with Crippen molar-refractivity contribution in [3.05, 3.63) is 54.1 Å².